The van der Waals surface area contributed by atoms with Crippen molar-refractivity contribution >= 4 is 11.3 Å². The molecule has 0 saturated carbocycles. The van der Waals surface area contributed by atoms with Crippen molar-refractivity contribution in [2.45, 2.75) is 13.0 Å². The number of aromatic amines is 1. The first-order valence-electron chi connectivity index (χ1n) is 5.11. The highest BCUT2D eigenvalue weighted by Crippen LogP contribution is 1.97. The molecular weight excluding hydrogens is 222 g/mol. The molecule has 0 aliphatic heterocycles. The monoisotopic (exact) mass is 235 g/mol. The summed E-state index contributed by atoms with van der Waals surface area (Å²) in [4.78, 5) is 17.6. The highest BCUT2D eigenvalue weighted by molar-refractivity contribution is 7.07. The van der Waals surface area contributed by atoms with Crippen molar-refractivity contribution in [1.82, 2.24) is 15.3 Å². The Morgan fingerprint density at radius 1 is 1.38 bits per heavy atom. The summed E-state index contributed by atoms with van der Waals surface area (Å²) in [5.74, 6) is 0. The molecule has 0 atom stereocenters. The van der Waals surface area contributed by atoms with Crippen LogP contribution in [0.3, 0.4) is 0 Å². The van der Waals surface area contributed by atoms with Gasteiger partial charge in [-0.15, -0.1) is 0 Å². The van der Waals surface area contributed by atoms with Gasteiger partial charge in [-0.1, -0.05) is 11.3 Å². The van der Waals surface area contributed by atoms with Crippen molar-refractivity contribution < 1.29 is 0 Å². The van der Waals surface area contributed by atoms with Crippen molar-refractivity contribution in [2.24, 2.45) is 0 Å². The van der Waals surface area contributed by atoms with Crippen LogP contribution in [-0.2, 0) is 13.0 Å². The summed E-state index contributed by atoms with van der Waals surface area (Å²) < 4.78 is 0. The number of pyridine rings is 1. The molecule has 0 unspecified atom stereocenters. The Morgan fingerprint density at radius 2 is 2.19 bits per heavy atom. The van der Waals surface area contributed by atoms with Crippen LogP contribution in [0.5, 0.6) is 0 Å². The smallest absolute Gasteiger partial charge is 0.304 e. The van der Waals surface area contributed by atoms with Crippen molar-refractivity contribution in [3.8, 4) is 0 Å². The second-order valence-corrected chi connectivity index (χ2v) is 4.30. The first-order valence-corrected chi connectivity index (χ1v) is 5.99. The molecule has 16 heavy (non-hydrogen) atoms. The molecule has 0 aliphatic rings. The molecule has 2 aromatic heterocycles. The van der Waals surface area contributed by atoms with Crippen molar-refractivity contribution in [2.75, 3.05) is 6.54 Å². The summed E-state index contributed by atoms with van der Waals surface area (Å²) >= 11 is 1.20. The normalized spacial score (nSPS) is 10.5. The lowest BCUT2D eigenvalue weighted by atomic mass is 10.2. The predicted octanol–water partition coefficient (Wildman–Crippen LogP) is 1.16. The minimum atomic E-state index is 0.00549. The summed E-state index contributed by atoms with van der Waals surface area (Å²) in [5.41, 5.74) is 2.21. The molecule has 84 valence electrons. The fourth-order valence-electron chi connectivity index (χ4n) is 1.41. The highest BCUT2D eigenvalue weighted by atomic mass is 32.1. The molecule has 5 heteroatoms. The zero-order valence-electron chi connectivity index (χ0n) is 8.77. The molecule has 2 N–H and O–H groups in total. The second-order valence-electron chi connectivity index (χ2n) is 3.46. The van der Waals surface area contributed by atoms with Gasteiger partial charge in [0.2, 0.25) is 0 Å². The van der Waals surface area contributed by atoms with Crippen LogP contribution in [-0.4, -0.2) is 16.5 Å². The van der Waals surface area contributed by atoms with E-state index in [-0.39, 0.29) is 4.87 Å². The SMILES string of the molecule is O=c1[nH]c(CNCCc2ccncc2)cs1. The number of nitrogens with zero attached hydrogens (tertiary/aromatic N) is 1. The molecule has 0 radical (unpaired) electrons. The maximum atomic E-state index is 10.9. The lowest BCUT2D eigenvalue weighted by Gasteiger charge is -2.02. The van der Waals surface area contributed by atoms with E-state index in [0.29, 0.717) is 6.54 Å². The molecule has 0 spiro atoms. The van der Waals surface area contributed by atoms with Crippen LogP contribution in [0.2, 0.25) is 0 Å². The van der Waals surface area contributed by atoms with E-state index in [9.17, 15) is 4.79 Å². The van der Waals surface area contributed by atoms with E-state index < -0.39 is 0 Å². The maximum absolute atomic E-state index is 10.9. The van der Waals surface area contributed by atoms with Gasteiger partial charge in [-0.05, 0) is 30.7 Å². The van der Waals surface area contributed by atoms with Gasteiger partial charge >= 0.3 is 4.87 Å². The number of hydrogen-bond acceptors (Lipinski definition) is 4. The van der Waals surface area contributed by atoms with Gasteiger partial charge in [-0.2, -0.15) is 0 Å². The van der Waals surface area contributed by atoms with Gasteiger partial charge in [-0.3, -0.25) is 9.78 Å². The minimum Gasteiger partial charge on any atom is -0.315 e. The fourth-order valence-corrected chi connectivity index (χ4v) is 1.99. The number of H-pyrrole nitrogens is 1. The van der Waals surface area contributed by atoms with Gasteiger partial charge < -0.3 is 10.3 Å². The Labute approximate surface area is 97.4 Å². The first kappa shape index (κ1) is 11.0. The van der Waals surface area contributed by atoms with Crippen LogP contribution in [0.1, 0.15) is 11.3 Å². The summed E-state index contributed by atoms with van der Waals surface area (Å²) in [6.07, 6.45) is 4.56. The van der Waals surface area contributed by atoms with Gasteiger partial charge in [0.25, 0.3) is 0 Å². The van der Waals surface area contributed by atoms with Crippen LogP contribution in [0, 0.1) is 0 Å². The number of nitrogens with one attached hydrogen (secondary N) is 2. The molecule has 2 rings (SSSR count). The van der Waals surface area contributed by atoms with E-state index in [2.05, 4.69) is 15.3 Å². The molecule has 0 amide bonds. The lowest BCUT2D eigenvalue weighted by Crippen LogP contribution is -2.17. The molecule has 4 nitrogen and oxygen atoms in total. The summed E-state index contributed by atoms with van der Waals surface area (Å²) in [7, 11) is 0. The summed E-state index contributed by atoms with van der Waals surface area (Å²) in [6.45, 7) is 1.60. The molecule has 0 saturated heterocycles. The molecule has 0 bridgehead atoms. The predicted molar refractivity (Wildman–Crippen MR) is 64.6 cm³/mol. The van der Waals surface area contributed by atoms with Gasteiger partial charge in [-0.25, -0.2) is 0 Å². The third-order valence-electron chi connectivity index (χ3n) is 2.23. The Morgan fingerprint density at radius 3 is 2.88 bits per heavy atom. The largest absolute Gasteiger partial charge is 0.315 e. The summed E-state index contributed by atoms with van der Waals surface area (Å²) in [5, 5.41) is 5.13. The highest BCUT2D eigenvalue weighted by Gasteiger charge is 1.96. The zero-order valence-corrected chi connectivity index (χ0v) is 9.59. The molecule has 0 aliphatic carbocycles. The number of thiazole rings is 1. The van der Waals surface area contributed by atoms with E-state index in [0.717, 1.165) is 18.7 Å². The van der Waals surface area contributed by atoms with Crippen molar-refractivity contribution in [1.29, 1.82) is 0 Å². The summed E-state index contributed by atoms with van der Waals surface area (Å²) in [6, 6.07) is 4.02. The van der Waals surface area contributed by atoms with E-state index >= 15 is 0 Å². The maximum Gasteiger partial charge on any atom is 0.304 e. The fraction of sp³-hybridized carbons (Fsp3) is 0.273. The van der Waals surface area contributed by atoms with Gasteiger partial charge in [0, 0.05) is 30.0 Å². The van der Waals surface area contributed by atoms with Gasteiger partial charge in [0.15, 0.2) is 0 Å². The van der Waals surface area contributed by atoms with E-state index in [4.69, 9.17) is 0 Å². The Bertz CT molecular complexity index is 477. The number of rotatable bonds is 5. The average molecular weight is 235 g/mol. The Kier molecular flexibility index (Phi) is 3.85. The minimum absolute atomic E-state index is 0.00549. The molecule has 0 aromatic carbocycles. The molecular formula is C11H13N3OS. The van der Waals surface area contributed by atoms with Crippen LogP contribution >= 0.6 is 11.3 Å². The molecule has 2 aromatic rings. The van der Waals surface area contributed by atoms with Crippen LogP contribution in [0.15, 0.2) is 34.7 Å². The third-order valence-corrected chi connectivity index (χ3v) is 2.94. The van der Waals surface area contributed by atoms with Gasteiger partial charge in [0.1, 0.15) is 0 Å². The zero-order chi connectivity index (χ0) is 11.2. The lowest BCUT2D eigenvalue weighted by molar-refractivity contribution is 0.676. The number of aromatic nitrogens is 2. The van der Waals surface area contributed by atoms with Crippen molar-refractivity contribution in [3.05, 3.63) is 50.8 Å². The molecule has 2 heterocycles. The Balaban J connectivity index is 1.71. The average Bonchev–Trinajstić information content (AvgIpc) is 2.72. The van der Waals surface area contributed by atoms with Crippen molar-refractivity contribution in [3.63, 3.8) is 0 Å². The van der Waals surface area contributed by atoms with E-state index in [1.165, 1.54) is 16.9 Å². The van der Waals surface area contributed by atoms with Crippen LogP contribution in [0.4, 0.5) is 0 Å². The second kappa shape index (κ2) is 5.58. The Hall–Kier alpha value is -1.46. The van der Waals surface area contributed by atoms with Crippen LogP contribution < -0.4 is 10.2 Å². The van der Waals surface area contributed by atoms with E-state index in [1.807, 2.05) is 17.5 Å². The first-order chi connectivity index (χ1) is 7.84. The van der Waals surface area contributed by atoms with Gasteiger partial charge in [0.05, 0.1) is 0 Å². The topological polar surface area (TPSA) is 57.8 Å². The quantitative estimate of drug-likeness (QED) is 0.765. The van der Waals surface area contributed by atoms with E-state index in [1.54, 1.807) is 12.4 Å². The third kappa shape index (κ3) is 3.29. The van der Waals surface area contributed by atoms with Crippen LogP contribution in [0.25, 0.3) is 0 Å². The molecule has 0 fully saturated rings. The number of hydrogen-bond donors (Lipinski definition) is 2. The standard InChI is InChI=1S/C11H13N3OS/c15-11-14-10(8-16-11)7-13-6-3-9-1-4-12-5-2-9/h1-2,4-5,8,13H,3,6-7H2,(H,14,15).